The van der Waals surface area contributed by atoms with E-state index >= 15 is 0 Å². The molecule has 4 unspecified atom stereocenters. The van der Waals surface area contributed by atoms with Gasteiger partial charge >= 0.3 is 0 Å². The lowest BCUT2D eigenvalue weighted by Gasteiger charge is -2.27. The van der Waals surface area contributed by atoms with E-state index < -0.39 is 0 Å². The van der Waals surface area contributed by atoms with Gasteiger partial charge in [0.1, 0.15) is 0 Å². The van der Waals surface area contributed by atoms with E-state index in [1.54, 1.807) is 0 Å². The van der Waals surface area contributed by atoms with Crippen molar-refractivity contribution in [1.29, 1.82) is 0 Å². The van der Waals surface area contributed by atoms with Crippen molar-refractivity contribution >= 4 is 0 Å². The number of hydrogen-bond donors (Lipinski definition) is 2. The molecule has 0 amide bonds. The Hall–Kier alpha value is -0.120. The fourth-order valence-corrected chi connectivity index (χ4v) is 2.69. The number of ether oxygens (including phenoxy) is 1. The van der Waals surface area contributed by atoms with E-state index in [2.05, 4.69) is 12.2 Å². The first-order chi connectivity index (χ1) is 7.27. The van der Waals surface area contributed by atoms with Gasteiger partial charge in [-0.1, -0.05) is 12.8 Å². The molecule has 4 atom stereocenters. The van der Waals surface area contributed by atoms with Crippen LogP contribution in [0.5, 0.6) is 0 Å². The summed E-state index contributed by atoms with van der Waals surface area (Å²) in [5, 5.41) is 13.7. The summed E-state index contributed by atoms with van der Waals surface area (Å²) in [6, 6.07) is 0.253. The van der Waals surface area contributed by atoms with E-state index in [1.165, 1.54) is 19.3 Å². The van der Waals surface area contributed by atoms with E-state index in [0.717, 1.165) is 25.8 Å². The normalized spacial score (nSPS) is 40.0. The molecule has 2 aliphatic heterocycles. The molecule has 3 heteroatoms. The Labute approximate surface area is 92.2 Å². The third-order valence-corrected chi connectivity index (χ3v) is 3.66. The molecule has 88 valence electrons. The maximum atomic E-state index is 10.2. The van der Waals surface area contributed by atoms with Gasteiger partial charge < -0.3 is 15.2 Å². The van der Waals surface area contributed by atoms with Crippen LogP contribution in [0, 0.1) is 0 Å². The monoisotopic (exact) mass is 213 g/mol. The van der Waals surface area contributed by atoms with Crippen LogP contribution >= 0.6 is 0 Å². The van der Waals surface area contributed by atoms with Gasteiger partial charge in [-0.3, -0.25) is 0 Å². The molecule has 3 nitrogen and oxygen atoms in total. The average molecular weight is 213 g/mol. The van der Waals surface area contributed by atoms with Gasteiger partial charge in [-0.05, 0) is 39.2 Å². The van der Waals surface area contributed by atoms with Crippen LogP contribution in [0.3, 0.4) is 0 Å². The molecule has 15 heavy (non-hydrogen) atoms. The van der Waals surface area contributed by atoms with Crippen LogP contribution in [-0.4, -0.2) is 36.0 Å². The minimum Gasteiger partial charge on any atom is -0.389 e. The van der Waals surface area contributed by atoms with Gasteiger partial charge in [0, 0.05) is 6.04 Å². The second kappa shape index (κ2) is 5.28. The summed E-state index contributed by atoms with van der Waals surface area (Å²) in [6.45, 7) is 3.14. The quantitative estimate of drug-likeness (QED) is 0.729. The second-order valence-electron chi connectivity index (χ2n) is 4.96. The molecule has 0 saturated carbocycles. The van der Waals surface area contributed by atoms with Crippen LogP contribution in [0.2, 0.25) is 0 Å². The molecule has 0 aromatic rings. The van der Waals surface area contributed by atoms with Crippen molar-refractivity contribution in [3.8, 4) is 0 Å². The van der Waals surface area contributed by atoms with Crippen LogP contribution in [0.25, 0.3) is 0 Å². The fraction of sp³-hybridized carbons (Fsp3) is 1.00. The second-order valence-corrected chi connectivity index (χ2v) is 4.96. The number of hydrogen-bond acceptors (Lipinski definition) is 3. The van der Waals surface area contributed by atoms with Crippen LogP contribution in [0.15, 0.2) is 0 Å². The summed E-state index contributed by atoms with van der Waals surface area (Å²) < 4.78 is 5.73. The molecular formula is C12H23NO2. The highest BCUT2D eigenvalue weighted by atomic mass is 16.5. The Morgan fingerprint density at radius 1 is 1.20 bits per heavy atom. The molecule has 2 rings (SSSR count). The zero-order chi connectivity index (χ0) is 10.7. The molecule has 0 aromatic carbocycles. The Bertz CT molecular complexity index is 190. The summed E-state index contributed by atoms with van der Waals surface area (Å²) in [6.07, 6.45) is 7.05. The Morgan fingerprint density at radius 3 is 2.80 bits per heavy atom. The Kier molecular flexibility index (Phi) is 4.00. The summed E-state index contributed by atoms with van der Waals surface area (Å²) >= 11 is 0. The zero-order valence-corrected chi connectivity index (χ0v) is 9.61. The lowest BCUT2D eigenvalue weighted by atomic mass is 9.99. The van der Waals surface area contributed by atoms with Gasteiger partial charge in [0.05, 0.1) is 18.3 Å². The number of rotatable bonds is 2. The first kappa shape index (κ1) is 11.4. The summed E-state index contributed by atoms with van der Waals surface area (Å²) in [7, 11) is 0. The van der Waals surface area contributed by atoms with Gasteiger partial charge in [0.25, 0.3) is 0 Å². The lowest BCUT2D eigenvalue weighted by Crippen LogP contribution is -2.45. The Balaban J connectivity index is 1.85. The summed E-state index contributed by atoms with van der Waals surface area (Å²) in [5.74, 6) is 0. The van der Waals surface area contributed by atoms with Crippen LogP contribution in [0.1, 0.15) is 45.4 Å². The van der Waals surface area contributed by atoms with Crippen LogP contribution in [0.4, 0.5) is 0 Å². The number of aliphatic hydroxyl groups is 1. The fourth-order valence-electron chi connectivity index (χ4n) is 2.69. The Morgan fingerprint density at radius 2 is 2.07 bits per heavy atom. The van der Waals surface area contributed by atoms with Crippen molar-refractivity contribution in [3.63, 3.8) is 0 Å². The van der Waals surface area contributed by atoms with Gasteiger partial charge in [-0.25, -0.2) is 0 Å². The molecule has 0 aromatic heterocycles. The SMILES string of the molecule is CC1CCC(C(O)C2CCCCCN2)O1. The van der Waals surface area contributed by atoms with Crippen molar-refractivity contribution in [1.82, 2.24) is 5.32 Å². The van der Waals surface area contributed by atoms with Crippen LogP contribution in [-0.2, 0) is 4.74 Å². The molecule has 2 aliphatic rings. The van der Waals surface area contributed by atoms with Crippen molar-refractivity contribution in [2.75, 3.05) is 6.54 Å². The topological polar surface area (TPSA) is 41.5 Å². The van der Waals surface area contributed by atoms with E-state index in [1.807, 2.05) is 0 Å². The summed E-state index contributed by atoms with van der Waals surface area (Å²) in [5.41, 5.74) is 0. The van der Waals surface area contributed by atoms with Crippen LogP contribution < -0.4 is 5.32 Å². The maximum absolute atomic E-state index is 10.2. The minimum atomic E-state index is -0.312. The number of aliphatic hydroxyl groups excluding tert-OH is 1. The molecule has 2 N–H and O–H groups in total. The van der Waals surface area contributed by atoms with Gasteiger partial charge in [0.15, 0.2) is 0 Å². The highest BCUT2D eigenvalue weighted by Gasteiger charge is 2.33. The predicted octanol–water partition coefficient (Wildman–Crippen LogP) is 1.45. The molecule has 0 radical (unpaired) electrons. The molecule has 0 aliphatic carbocycles. The predicted molar refractivity (Wildman–Crippen MR) is 59.8 cm³/mol. The van der Waals surface area contributed by atoms with Crippen molar-refractivity contribution < 1.29 is 9.84 Å². The summed E-state index contributed by atoms with van der Waals surface area (Å²) in [4.78, 5) is 0. The standard InChI is InChI=1S/C12H23NO2/c1-9-6-7-11(15-9)12(14)10-5-3-2-4-8-13-10/h9-14H,2-8H2,1H3. The van der Waals surface area contributed by atoms with Crippen molar-refractivity contribution in [2.24, 2.45) is 0 Å². The molecular weight excluding hydrogens is 190 g/mol. The van der Waals surface area contributed by atoms with E-state index in [9.17, 15) is 5.11 Å². The van der Waals surface area contributed by atoms with E-state index in [4.69, 9.17) is 4.74 Å². The third-order valence-electron chi connectivity index (χ3n) is 3.66. The van der Waals surface area contributed by atoms with Gasteiger partial charge in [0.2, 0.25) is 0 Å². The highest BCUT2D eigenvalue weighted by molar-refractivity contribution is 4.87. The minimum absolute atomic E-state index is 0.0654. The molecule has 2 fully saturated rings. The molecule has 2 saturated heterocycles. The van der Waals surface area contributed by atoms with E-state index in [-0.39, 0.29) is 18.2 Å². The first-order valence-electron chi connectivity index (χ1n) is 6.34. The average Bonchev–Trinajstić information content (AvgIpc) is 2.53. The molecule has 0 spiro atoms. The smallest absolute Gasteiger partial charge is 0.0954 e. The van der Waals surface area contributed by atoms with Gasteiger partial charge in [-0.15, -0.1) is 0 Å². The highest BCUT2D eigenvalue weighted by Crippen LogP contribution is 2.25. The van der Waals surface area contributed by atoms with Crippen molar-refractivity contribution in [2.45, 2.75) is 69.8 Å². The maximum Gasteiger partial charge on any atom is 0.0954 e. The molecule has 0 bridgehead atoms. The van der Waals surface area contributed by atoms with Crippen molar-refractivity contribution in [3.05, 3.63) is 0 Å². The van der Waals surface area contributed by atoms with E-state index in [0.29, 0.717) is 6.10 Å². The van der Waals surface area contributed by atoms with Gasteiger partial charge in [-0.2, -0.15) is 0 Å². The largest absolute Gasteiger partial charge is 0.389 e. The number of nitrogens with one attached hydrogen (secondary N) is 1. The lowest BCUT2D eigenvalue weighted by molar-refractivity contribution is -0.0440. The third kappa shape index (κ3) is 2.92. The first-order valence-corrected chi connectivity index (χ1v) is 6.34. The zero-order valence-electron chi connectivity index (χ0n) is 9.61. The molecule has 2 heterocycles.